The van der Waals surface area contributed by atoms with E-state index in [9.17, 15) is 23.6 Å². The summed E-state index contributed by atoms with van der Waals surface area (Å²) in [6.45, 7) is 10.5. The number of carbonyl (C=O) groups is 1. The summed E-state index contributed by atoms with van der Waals surface area (Å²) in [6.07, 6.45) is 8.18. The number of aromatic nitrogens is 2. The van der Waals surface area contributed by atoms with Gasteiger partial charge in [-0.05, 0) is 109 Å². The number of nitrogens with zero attached hydrogens (tertiary/aromatic N) is 4. The van der Waals surface area contributed by atoms with Crippen LogP contribution in [0, 0.1) is 16.5 Å². The number of ether oxygens (including phenoxy) is 2. The first-order chi connectivity index (χ1) is 29.3. The number of hydrogen-bond donors (Lipinski definition) is 4. The van der Waals surface area contributed by atoms with Gasteiger partial charge in [-0.2, -0.15) is 0 Å². The van der Waals surface area contributed by atoms with E-state index < -0.39 is 15.9 Å². The lowest BCUT2D eigenvalue weighted by molar-refractivity contribution is 0.0699. The highest BCUT2D eigenvalue weighted by Gasteiger charge is 2.30. The quantitative estimate of drug-likeness (QED) is 0.0833. The number of pyridine rings is 1. The molecule has 4 heterocycles. The third-order valence-corrected chi connectivity index (χ3v) is 13.6. The van der Waals surface area contributed by atoms with Crippen LogP contribution in [-0.2, 0) is 14.8 Å². The number of carbonyl (C=O) groups excluding carboxylic acids is 1. The Morgan fingerprint density at radius 2 is 1.82 bits per heavy atom. The average Bonchev–Trinajstić information content (AvgIpc) is 3.72. The highest BCUT2D eigenvalue weighted by molar-refractivity contribution is 7.90. The van der Waals surface area contributed by atoms with Crippen molar-refractivity contribution in [1.29, 1.82) is 0 Å². The standard InChI is InChI=1S/C45H51ClN7O7S/c1-45(2)15-11-33(39(26-45)31-3-5-34(46)6-4-31)29-51-17-19-52(20-18-51)35-7-9-38(42(24-35)60-36-23-32-12-16-47-43(32)49-28-36)44(54)50-61(57,58)37-8-10-40(41(25-37)53(55)56)48-27-30-13-21-59-22-14-30/h3-10,12,16,23-25,28,30,48,55H,11,13-15,17-22,26-27,29H2,1-2H3,(H,47,49)(H,50,54)/q-1. The molecule has 2 aromatic heterocycles. The Morgan fingerprint density at radius 3 is 2.57 bits per heavy atom. The summed E-state index contributed by atoms with van der Waals surface area (Å²) in [6, 6.07) is 20.6. The van der Waals surface area contributed by atoms with E-state index in [2.05, 4.69) is 55.8 Å². The number of aromatic amines is 1. The van der Waals surface area contributed by atoms with Gasteiger partial charge >= 0.3 is 0 Å². The highest BCUT2D eigenvalue weighted by Crippen LogP contribution is 2.43. The summed E-state index contributed by atoms with van der Waals surface area (Å²) in [7, 11) is -4.52. The minimum Gasteiger partial charge on any atom is -0.733 e. The summed E-state index contributed by atoms with van der Waals surface area (Å²) >= 11 is 6.24. The summed E-state index contributed by atoms with van der Waals surface area (Å²) in [4.78, 5) is 25.7. The lowest BCUT2D eigenvalue weighted by Crippen LogP contribution is -2.47. The highest BCUT2D eigenvalue weighted by atomic mass is 35.5. The molecular formula is C45H51ClN7O7S-. The zero-order chi connectivity index (χ0) is 42.7. The molecular weight excluding hydrogens is 818 g/mol. The monoisotopic (exact) mass is 868 g/mol. The van der Waals surface area contributed by atoms with E-state index >= 15 is 0 Å². The van der Waals surface area contributed by atoms with Crippen molar-refractivity contribution in [3.8, 4) is 11.5 Å². The number of rotatable bonds is 13. The van der Waals surface area contributed by atoms with Crippen molar-refractivity contribution in [2.24, 2.45) is 11.3 Å². The average molecular weight is 869 g/mol. The van der Waals surface area contributed by atoms with Gasteiger partial charge in [-0.25, -0.2) is 18.1 Å². The molecule has 322 valence electrons. The third-order valence-electron chi connectivity index (χ3n) is 12.0. The summed E-state index contributed by atoms with van der Waals surface area (Å²) in [5.74, 6) is -0.142. The van der Waals surface area contributed by atoms with Gasteiger partial charge in [-0.3, -0.25) is 14.9 Å². The molecule has 2 fully saturated rings. The third kappa shape index (κ3) is 10.1. The van der Waals surface area contributed by atoms with E-state index in [-0.39, 0.29) is 38.2 Å². The Labute approximate surface area is 361 Å². The van der Waals surface area contributed by atoms with E-state index in [1.54, 1.807) is 30.5 Å². The van der Waals surface area contributed by atoms with Crippen LogP contribution in [0.2, 0.25) is 5.02 Å². The molecule has 8 rings (SSSR count). The van der Waals surface area contributed by atoms with Crippen LogP contribution in [0.15, 0.2) is 95.7 Å². The zero-order valence-corrected chi connectivity index (χ0v) is 35.9. The van der Waals surface area contributed by atoms with Crippen LogP contribution >= 0.6 is 11.6 Å². The van der Waals surface area contributed by atoms with Crippen molar-refractivity contribution in [3.63, 3.8) is 0 Å². The topological polar surface area (TPSA) is 175 Å². The molecule has 0 spiro atoms. The Morgan fingerprint density at radius 1 is 1.05 bits per heavy atom. The predicted octanol–water partition coefficient (Wildman–Crippen LogP) is 8.45. The number of piperazine rings is 1. The van der Waals surface area contributed by atoms with Crippen LogP contribution in [0.4, 0.5) is 17.1 Å². The molecule has 1 aliphatic carbocycles. The first kappa shape index (κ1) is 42.5. The molecule has 2 saturated heterocycles. The van der Waals surface area contributed by atoms with Gasteiger partial charge in [0.05, 0.1) is 28.0 Å². The molecule has 16 heteroatoms. The Bertz CT molecular complexity index is 2510. The molecule has 1 amide bonds. The van der Waals surface area contributed by atoms with E-state index in [1.807, 2.05) is 18.2 Å². The van der Waals surface area contributed by atoms with E-state index in [0.29, 0.717) is 37.1 Å². The fraction of sp³-hybridized carbons (Fsp3) is 0.378. The fourth-order valence-electron chi connectivity index (χ4n) is 8.41. The van der Waals surface area contributed by atoms with E-state index in [1.165, 1.54) is 35.0 Å². The fourth-order valence-corrected chi connectivity index (χ4v) is 9.52. The van der Waals surface area contributed by atoms with Gasteiger partial charge in [0, 0.05) is 80.8 Å². The second kappa shape index (κ2) is 18.1. The van der Waals surface area contributed by atoms with Crippen molar-refractivity contribution >= 4 is 61.2 Å². The van der Waals surface area contributed by atoms with Crippen LogP contribution < -0.4 is 24.9 Å². The molecule has 61 heavy (non-hydrogen) atoms. The van der Waals surface area contributed by atoms with Gasteiger partial charge in [-0.15, -0.1) is 0 Å². The first-order valence-electron chi connectivity index (χ1n) is 20.7. The molecule has 0 saturated carbocycles. The molecule has 0 radical (unpaired) electrons. The molecule has 4 N–H and O–H groups in total. The maximum absolute atomic E-state index is 13.9. The van der Waals surface area contributed by atoms with Crippen LogP contribution in [0.1, 0.15) is 61.9 Å². The number of sulfonamides is 1. The van der Waals surface area contributed by atoms with Crippen molar-refractivity contribution < 1.29 is 27.9 Å². The Hall–Kier alpha value is -5.16. The van der Waals surface area contributed by atoms with E-state index in [0.717, 1.165) is 87.0 Å². The second-order valence-corrected chi connectivity index (χ2v) is 19.0. The number of allylic oxidation sites excluding steroid dienone is 1. The van der Waals surface area contributed by atoms with Gasteiger partial charge in [-0.1, -0.05) is 43.2 Å². The second-order valence-electron chi connectivity index (χ2n) is 16.9. The van der Waals surface area contributed by atoms with Gasteiger partial charge in [0.1, 0.15) is 17.1 Å². The summed E-state index contributed by atoms with van der Waals surface area (Å²) in [5.41, 5.74) is 5.76. The first-order valence-corrected chi connectivity index (χ1v) is 22.5. The van der Waals surface area contributed by atoms with Crippen LogP contribution in [0.3, 0.4) is 0 Å². The predicted molar refractivity (Wildman–Crippen MR) is 238 cm³/mol. The number of nitrogens with one attached hydrogen (secondary N) is 3. The van der Waals surface area contributed by atoms with Crippen LogP contribution in [-0.4, -0.2) is 86.9 Å². The SMILES string of the molecule is CC1(C)CCC(CN2CCN(c3ccc(C(=O)NS(=O)(=O)c4ccc(NCC5CCOCC5)c(N([O-])O)c4)c(Oc4cnc5[nH]ccc5c4)c3)CC2)=C(c2ccc(Cl)cc2)C1. The number of fused-ring (bicyclic) bond motifs is 1. The van der Waals surface area contributed by atoms with Gasteiger partial charge < -0.3 is 35.1 Å². The van der Waals surface area contributed by atoms with Crippen LogP contribution in [0.5, 0.6) is 11.5 Å². The molecule has 0 atom stereocenters. The number of halogens is 1. The van der Waals surface area contributed by atoms with Gasteiger partial charge in [0.15, 0.2) is 0 Å². The van der Waals surface area contributed by atoms with Crippen LogP contribution in [0.25, 0.3) is 16.6 Å². The maximum atomic E-state index is 13.9. The molecule has 0 bridgehead atoms. The van der Waals surface area contributed by atoms with Crippen molar-refractivity contribution in [3.05, 3.63) is 112 Å². The van der Waals surface area contributed by atoms with Crippen molar-refractivity contribution in [2.75, 3.05) is 67.9 Å². The number of H-pyrrole nitrogens is 1. The minimum absolute atomic E-state index is 0.0235. The summed E-state index contributed by atoms with van der Waals surface area (Å²) < 4.78 is 41.2. The number of amides is 1. The number of hydrogen-bond acceptors (Lipinski definition) is 12. The van der Waals surface area contributed by atoms with Crippen molar-refractivity contribution in [1.82, 2.24) is 19.6 Å². The molecule has 0 unspecified atom stereocenters. The Balaban J connectivity index is 1.00. The largest absolute Gasteiger partial charge is 0.733 e. The molecule has 5 aromatic rings. The maximum Gasteiger partial charge on any atom is 0.268 e. The smallest absolute Gasteiger partial charge is 0.268 e. The van der Waals surface area contributed by atoms with Gasteiger partial charge in [0.2, 0.25) is 0 Å². The molecule has 3 aromatic carbocycles. The molecule has 3 aliphatic rings. The van der Waals surface area contributed by atoms with Gasteiger partial charge in [0.25, 0.3) is 15.9 Å². The number of benzene rings is 3. The molecule has 14 nitrogen and oxygen atoms in total. The molecule has 2 aliphatic heterocycles. The summed E-state index contributed by atoms with van der Waals surface area (Å²) in [5, 5.41) is 26.4. The number of anilines is 3. The van der Waals surface area contributed by atoms with Crippen molar-refractivity contribution in [2.45, 2.75) is 50.8 Å². The lowest BCUT2D eigenvalue weighted by atomic mass is 9.72. The Kier molecular flexibility index (Phi) is 12.6. The zero-order valence-electron chi connectivity index (χ0n) is 34.3. The normalized spacial score (nSPS) is 17.7. The van der Waals surface area contributed by atoms with E-state index in [4.69, 9.17) is 21.1 Å². The lowest BCUT2D eigenvalue weighted by Gasteiger charge is -2.39. The minimum atomic E-state index is -4.52.